The summed E-state index contributed by atoms with van der Waals surface area (Å²) < 4.78 is 46.7. The predicted molar refractivity (Wildman–Crippen MR) is 622 cm³/mol. The lowest BCUT2D eigenvalue weighted by molar-refractivity contribution is -0.146. The quantitative estimate of drug-likeness (QED) is 0.0286. The molecule has 0 aromatic heterocycles. The van der Waals surface area contributed by atoms with E-state index in [1.54, 1.807) is 20.8 Å². The highest BCUT2D eigenvalue weighted by atomic mass is 79.9. The first kappa shape index (κ1) is 124. The molecule has 6 aliphatic rings. The summed E-state index contributed by atoms with van der Waals surface area (Å²) >= 11 is 14.2. The third kappa shape index (κ3) is 30.1. The fourth-order valence-corrected chi connectivity index (χ4v) is 22.8. The molecule has 0 unspecified atom stereocenters. The first-order valence-electron chi connectivity index (χ1n) is 52.9. The second kappa shape index (κ2) is 49.2. The average Bonchev–Trinajstić information content (AvgIpc) is 0.742. The van der Waals surface area contributed by atoms with E-state index < -0.39 is 24.9 Å². The summed E-state index contributed by atoms with van der Waals surface area (Å²) in [6.07, 6.45) is 26.7. The first-order chi connectivity index (χ1) is 67.1. The van der Waals surface area contributed by atoms with Crippen molar-refractivity contribution in [2.75, 3.05) is 7.11 Å². The molecule has 0 aliphatic carbocycles. The van der Waals surface area contributed by atoms with Crippen LogP contribution in [0.15, 0.2) is 151 Å². The molecule has 6 heterocycles. The van der Waals surface area contributed by atoms with Crippen molar-refractivity contribution in [3.63, 3.8) is 0 Å². The molecule has 0 saturated heterocycles. The molecule has 17 heteroatoms. The minimum absolute atomic E-state index is 0.00496. The van der Waals surface area contributed by atoms with Crippen LogP contribution in [0, 0.1) is 43.1 Å². The van der Waals surface area contributed by atoms with Crippen molar-refractivity contribution in [1.29, 1.82) is 0 Å². The fraction of sp³-hybridized carbons (Fsp3) is 0.547. The van der Waals surface area contributed by atoms with Crippen molar-refractivity contribution in [2.24, 2.45) is 0 Å². The highest BCUT2D eigenvalue weighted by molar-refractivity contribution is 9.11. The molecule has 0 amide bonds. The van der Waals surface area contributed by atoms with E-state index in [2.05, 4.69) is 361 Å². The topological polar surface area (TPSA) is 153 Å². The van der Waals surface area contributed by atoms with Gasteiger partial charge in [0.05, 0.1) is 29.9 Å². The second-order valence-electron chi connectivity index (χ2n) is 48.0. The summed E-state index contributed by atoms with van der Waals surface area (Å²) in [5.74, 6) is 15.3. The first-order valence-corrected chi connectivity index (χ1v) is 59.5. The van der Waals surface area contributed by atoms with Gasteiger partial charge in [0.25, 0.3) is 0 Å². The van der Waals surface area contributed by atoms with Gasteiger partial charge >= 0.3 is 17.9 Å². The van der Waals surface area contributed by atoms with Gasteiger partial charge in [0, 0.05) is 73.4 Å². The van der Waals surface area contributed by atoms with Gasteiger partial charge in [0.2, 0.25) is 0 Å². The van der Waals surface area contributed by atoms with Gasteiger partial charge in [-0.25, -0.2) is 0 Å². The molecule has 6 aliphatic heterocycles. The summed E-state index contributed by atoms with van der Waals surface area (Å²) in [4.78, 5) is 46.3. The van der Waals surface area contributed by atoms with E-state index in [-0.39, 0.29) is 78.2 Å². The molecule has 8 aromatic carbocycles. The van der Waals surface area contributed by atoms with Crippen molar-refractivity contribution >= 4 is 95.5 Å². The predicted octanol–water partition coefficient (Wildman–Crippen LogP) is 36.1. The lowest BCUT2D eigenvalue weighted by Gasteiger charge is -2.46. The van der Waals surface area contributed by atoms with Gasteiger partial charge < -0.3 is 38.3 Å². The number of fused-ring (bicyclic) bond motifs is 6. The summed E-state index contributed by atoms with van der Waals surface area (Å²) in [5.41, 5.74) is 18.9. The third-order valence-corrected chi connectivity index (χ3v) is 33.9. The van der Waals surface area contributed by atoms with E-state index in [0.717, 1.165) is 182 Å². The zero-order valence-corrected chi connectivity index (χ0v) is 103. The zero-order chi connectivity index (χ0) is 110. The SMILES string of the molecule is C#C[Si](C)(C)C.C#Cc1cc(C(C)C)c2c(c1)C(C)(C)CC(CC)(CC)O2.CC1(C)CC(=O)Oc2ccc(Br)cc21.CCC1(CC)CC(C)(C)c2cc(Br)cc(C(C)=O)c2O1.CCC1(CC)CC(C)(C)c2cc(Br)cc(C(C)C)c2O1.CCC1(CC)CC(C)(C)c2cc(Br)ccc2O1.CCC1(CC)CC(C)(C)c2cc(C#Cc3ccc(C(C)(C)C(=O)O)cc3)cc(C(C)C)c2O1.COC(=O)C(C)(C)c1ccc(C)cc1. The Morgan fingerprint density at radius 2 is 0.717 bits per heavy atom. The molecule has 0 spiro atoms. The van der Waals surface area contributed by atoms with Crippen LogP contribution in [0.3, 0.4) is 0 Å². The molecule has 0 bridgehead atoms. The molecule has 1 N–H and O–H groups in total. The molecule has 0 saturated carbocycles. The average molecular weight is 2250 g/mol. The number of esters is 2. The van der Waals surface area contributed by atoms with Gasteiger partial charge in [0.15, 0.2) is 5.78 Å². The number of Topliss-reactive ketones (excluding diaryl/α,β-unsaturated/α-hetero) is 1. The van der Waals surface area contributed by atoms with Gasteiger partial charge in [-0.3, -0.25) is 19.2 Å². The van der Waals surface area contributed by atoms with E-state index in [1.807, 2.05) is 93.6 Å². The van der Waals surface area contributed by atoms with Crippen LogP contribution in [0.4, 0.5) is 0 Å². The standard InChI is InChI=1S/C30H38O3.C20H28O.C18H27BrO.C17H23BrO2.C15H21BrO.C12H16O2.C11H11BrO2.C5H10Si/c1-9-30(10-2)19-28(5,6)25-18-22(17-24(20(3)4)26(25)33-30)12-11-21-13-15-23(16-14-21)29(7,8)27(31)32;1-8-15-11-16(14(4)5)18-17(12-15)19(6,7)13-20(9-2,10-3)21-18;1-7-18(8-2)11-17(5,6)15-10-13(19)9-14(12(3)4)16(15)20-18;1-6-17(7-2)10-16(4,5)14-9-12(18)8-13(11(3)19)15(14)20-17;1-5-15(6-2)10-14(3,4)12-9-11(16)7-8-13(12)17-15;1-9-5-7-10(8-6-9)12(2,3)11(13)14-4;1-11(2)6-10(13)14-9-4-3-7(12)5-8(9)11;1-5-6(2,3)4/h13-18,20H,9-10,19H2,1-8H3,(H,31,32);1,11-12,14H,9-10,13H2,2-7H3;9-10,12H,7-8,11H2,1-6H3;8-9H,6-7,10H2,1-5H3;7-9H,5-6,10H2,1-4H3;5-8H,1-4H3;3-5H,6H2,1-2H3;1H,2-4H3. The molecule has 145 heavy (non-hydrogen) atoms. The van der Waals surface area contributed by atoms with Crippen LogP contribution in [0.2, 0.25) is 19.6 Å². The number of carbonyl (C=O) groups excluding carboxylic acids is 3. The Labute approximate surface area is 910 Å². The van der Waals surface area contributed by atoms with Crippen molar-refractivity contribution in [3.05, 3.63) is 240 Å². The number of carboxylic acids is 1. The minimum Gasteiger partial charge on any atom is -0.487 e. The number of carbonyl (C=O) groups is 4. The van der Waals surface area contributed by atoms with E-state index in [9.17, 15) is 24.3 Å². The number of hydrogen-bond donors (Lipinski definition) is 1. The number of aryl methyl sites for hydroxylation is 1. The number of aliphatic carboxylic acids is 1. The number of ketones is 1. The van der Waals surface area contributed by atoms with E-state index in [1.165, 1.54) is 51.6 Å². The van der Waals surface area contributed by atoms with Gasteiger partial charge in [0.1, 0.15) is 70.6 Å². The Bertz CT molecular complexity index is 6000. The van der Waals surface area contributed by atoms with Gasteiger partial charge in [-0.1, -0.05) is 337 Å². The Kier molecular flexibility index (Phi) is 41.9. The van der Waals surface area contributed by atoms with Crippen molar-refractivity contribution in [1.82, 2.24) is 0 Å². The molecule has 0 fully saturated rings. The number of halogens is 4. The summed E-state index contributed by atoms with van der Waals surface area (Å²) in [7, 11) is 0.312. The number of benzene rings is 8. The summed E-state index contributed by atoms with van der Waals surface area (Å²) in [6.45, 7) is 79.9. The molecular formula is C128H174Br4O12Si. The Hall–Kier alpha value is -8.34. The maximum atomic E-state index is 12.0. The largest absolute Gasteiger partial charge is 0.487 e. The molecule has 790 valence electrons. The van der Waals surface area contributed by atoms with Gasteiger partial charge in [-0.15, -0.1) is 18.4 Å². The van der Waals surface area contributed by atoms with Crippen molar-refractivity contribution in [2.45, 2.75) is 447 Å². The van der Waals surface area contributed by atoms with Crippen LogP contribution in [-0.2, 0) is 62.4 Å². The van der Waals surface area contributed by atoms with E-state index in [4.69, 9.17) is 46.0 Å². The Balaban J connectivity index is 0.000000231. The van der Waals surface area contributed by atoms with Crippen molar-refractivity contribution < 1.29 is 57.4 Å². The highest BCUT2D eigenvalue weighted by Crippen LogP contribution is 2.57. The van der Waals surface area contributed by atoms with Crippen LogP contribution in [0.5, 0.6) is 34.5 Å². The molecule has 0 radical (unpaired) electrons. The zero-order valence-electron chi connectivity index (χ0n) is 95.4. The van der Waals surface area contributed by atoms with Crippen LogP contribution in [0.25, 0.3) is 0 Å². The second-order valence-corrected chi connectivity index (χ2v) is 56.4. The molecular weight excluding hydrogens is 2080 g/mol. The summed E-state index contributed by atoms with van der Waals surface area (Å²) in [5, 5.41) is 9.45. The monoisotopic (exact) mass is 2250 g/mol. The van der Waals surface area contributed by atoms with Crippen LogP contribution in [-0.4, -0.2) is 72.0 Å². The fourth-order valence-electron chi connectivity index (χ4n) is 21.1. The number of methoxy groups -OCH3 is 1. The number of terminal acetylenes is 2. The molecule has 0 atom stereocenters. The number of hydrogen-bond acceptors (Lipinski definition) is 11. The number of ether oxygens (including phenoxy) is 7. The smallest absolute Gasteiger partial charge is 0.315 e. The molecule has 14 rings (SSSR count). The highest BCUT2D eigenvalue weighted by Gasteiger charge is 2.50. The maximum absolute atomic E-state index is 12.0. The van der Waals surface area contributed by atoms with Crippen LogP contribution < -0.4 is 28.4 Å². The number of carboxylic acid groups (broad SMARTS) is 1. The van der Waals surface area contributed by atoms with Gasteiger partial charge in [-0.05, 0) is 308 Å². The Morgan fingerprint density at radius 3 is 1.08 bits per heavy atom. The Morgan fingerprint density at radius 1 is 0.407 bits per heavy atom. The summed E-state index contributed by atoms with van der Waals surface area (Å²) in [6, 6.07) is 44.6. The van der Waals surface area contributed by atoms with E-state index >= 15 is 0 Å². The van der Waals surface area contributed by atoms with Gasteiger partial charge in [-0.2, -0.15) is 0 Å². The lowest BCUT2D eigenvalue weighted by atomic mass is 9.69. The van der Waals surface area contributed by atoms with Crippen LogP contribution >= 0.6 is 63.7 Å². The van der Waals surface area contributed by atoms with Crippen molar-refractivity contribution in [3.8, 4) is 70.6 Å². The normalized spacial score (nSPS) is 17.5. The van der Waals surface area contributed by atoms with Crippen LogP contribution in [0.1, 0.15) is 443 Å². The maximum Gasteiger partial charge on any atom is 0.315 e. The molecule has 8 aromatic rings. The number of rotatable bonds is 18. The lowest BCUT2D eigenvalue weighted by Crippen LogP contribution is -2.45. The molecule has 12 nitrogen and oxygen atoms in total. The minimum atomic E-state index is -1.10. The van der Waals surface area contributed by atoms with E-state index in [0.29, 0.717) is 35.5 Å². The third-order valence-electron chi connectivity index (χ3n) is 31.1.